The molecule has 0 bridgehead atoms. The highest BCUT2D eigenvalue weighted by molar-refractivity contribution is 5.68. The summed E-state index contributed by atoms with van der Waals surface area (Å²) >= 11 is 0. The van der Waals surface area contributed by atoms with E-state index >= 15 is 0 Å². The third kappa shape index (κ3) is 4.14. The molecular formula is C13H26N2O3. The summed E-state index contributed by atoms with van der Waals surface area (Å²) in [5.41, 5.74) is 4.17. The normalized spacial score (nSPS) is 24.6. The van der Waals surface area contributed by atoms with E-state index < -0.39 is 11.2 Å². The molecule has 1 aliphatic rings. The number of carbonyl (C=O) groups excluding carboxylic acids is 1. The molecule has 1 heterocycles. The van der Waals surface area contributed by atoms with Crippen LogP contribution in [0.5, 0.6) is 0 Å². The standard InChI is InChI=1S/C13H26N2O3/c1-12(2,3)18-11(16)15-7-5-6-10(8-15)13(4,17)9-14/h10,17H,5-9,14H2,1-4H3/t10-,13+/m0/s1. The minimum atomic E-state index is -0.916. The lowest BCUT2D eigenvalue weighted by Gasteiger charge is -2.40. The molecule has 106 valence electrons. The summed E-state index contributed by atoms with van der Waals surface area (Å²) in [6.07, 6.45) is 1.46. The van der Waals surface area contributed by atoms with Crippen LogP contribution >= 0.6 is 0 Å². The molecule has 0 aromatic rings. The minimum absolute atomic E-state index is 0.0174. The van der Waals surface area contributed by atoms with Gasteiger partial charge in [0.2, 0.25) is 0 Å². The maximum absolute atomic E-state index is 12.0. The average Bonchev–Trinajstić information content (AvgIpc) is 2.27. The highest BCUT2D eigenvalue weighted by Crippen LogP contribution is 2.27. The van der Waals surface area contributed by atoms with E-state index in [1.807, 2.05) is 20.8 Å². The van der Waals surface area contributed by atoms with Gasteiger partial charge in [-0.05, 0) is 40.5 Å². The van der Waals surface area contributed by atoms with Crippen molar-refractivity contribution in [2.24, 2.45) is 11.7 Å². The van der Waals surface area contributed by atoms with Gasteiger partial charge in [0.15, 0.2) is 0 Å². The number of piperidine rings is 1. The first-order valence-corrected chi connectivity index (χ1v) is 6.56. The number of carbonyl (C=O) groups is 1. The second-order valence-electron chi connectivity index (χ2n) is 6.33. The molecule has 5 nitrogen and oxygen atoms in total. The largest absolute Gasteiger partial charge is 0.444 e. The van der Waals surface area contributed by atoms with Gasteiger partial charge in [0, 0.05) is 25.6 Å². The fourth-order valence-electron chi connectivity index (χ4n) is 2.14. The quantitative estimate of drug-likeness (QED) is 0.784. The molecule has 0 spiro atoms. The molecule has 2 atom stereocenters. The Kier molecular flexibility index (Phi) is 4.61. The summed E-state index contributed by atoms with van der Waals surface area (Å²) in [6.45, 7) is 8.69. The second kappa shape index (κ2) is 5.45. The van der Waals surface area contributed by atoms with Gasteiger partial charge in [-0.15, -0.1) is 0 Å². The third-order valence-corrected chi connectivity index (χ3v) is 3.37. The SMILES string of the molecule is CC(C)(C)OC(=O)N1CCC[C@H]([C@](C)(O)CN)C1. The third-order valence-electron chi connectivity index (χ3n) is 3.37. The van der Waals surface area contributed by atoms with Crippen LogP contribution in [0.3, 0.4) is 0 Å². The van der Waals surface area contributed by atoms with E-state index in [0.717, 1.165) is 12.8 Å². The smallest absolute Gasteiger partial charge is 0.410 e. The lowest BCUT2D eigenvalue weighted by Crippen LogP contribution is -2.52. The van der Waals surface area contributed by atoms with Crippen molar-refractivity contribution >= 4 is 6.09 Å². The number of nitrogens with two attached hydrogens (primary N) is 1. The number of rotatable bonds is 2. The Hall–Kier alpha value is -0.810. The number of amides is 1. The molecule has 0 unspecified atom stereocenters. The molecular weight excluding hydrogens is 232 g/mol. The molecule has 0 radical (unpaired) electrons. The average molecular weight is 258 g/mol. The van der Waals surface area contributed by atoms with E-state index in [1.165, 1.54) is 0 Å². The van der Waals surface area contributed by atoms with Gasteiger partial charge in [-0.25, -0.2) is 4.79 Å². The molecule has 0 aromatic carbocycles. The Morgan fingerprint density at radius 3 is 2.56 bits per heavy atom. The van der Waals surface area contributed by atoms with Crippen molar-refractivity contribution in [2.75, 3.05) is 19.6 Å². The van der Waals surface area contributed by atoms with E-state index in [0.29, 0.717) is 13.1 Å². The van der Waals surface area contributed by atoms with E-state index in [-0.39, 0.29) is 18.6 Å². The van der Waals surface area contributed by atoms with Crippen molar-refractivity contribution < 1.29 is 14.6 Å². The number of ether oxygens (including phenoxy) is 1. The fourth-order valence-corrected chi connectivity index (χ4v) is 2.14. The molecule has 3 N–H and O–H groups in total. The Labute approximate surface area is 109 Å². The Morgan fingerprint density at radius 1 is 1.44 bits per heavy atom. The second-order valence-corrected chi connectivity index (χ2v) is 6.33. The minimum Gasteiger partial charge on any atom is -0.444 e. The molecule has 1 rings (SSSR count). The zero-order chi connectivity index (χ0) is 14.0. The highest BCUT2D eigenvalue weighted by Gasteiger charge is 2.36. The number of aliphatic hydroxyl groups is 1. The van der Waals surface area contributed by atoms with Crippen molar-refractivity contribution in [3.05, 3.63) is 0 Å². The number of hydrogen-bond donors (Lipinski definition) is 2. The summed E-state index contributed by atoms with van der Waals surface area (Å²) in [5.74, 6) is 0.0174. The van der Waals surface area contributed by atoms with Gasteiger partial charge < -0.3 is 20.5 Å². The van der Waals surface area contributed by atoms with Crippen LogP contribution < -0.4 is 5.73 Å². The first-order valence-electron chi connectivity index (χ1n) is 6.56. The molecule has 1 amide bonds. The van der Waals surface area contributed by atoms with Crippen molar-refractivity contribution in [3.63, 3.8) is 0 Å². The predicted octanol–water partition coefficient (Wildman–Crippen LogP) is 1.34. The Balaban J connectivity index is 2.61. The van der Waals surface area contributed by atoms with E-state index in [1.54, 1.807) is 11.8 Å². The van der Waals surface area contributed by atoms with E-state index in [9.17, 15) is 9.90 Å². The molecule has 1 fully saturated rings. The molecule has 0 saturated carbocycles. The van der Waals surface area contributed by atoms with Gasteiger partial charge in [0.25, 0.3) is 0 Å². The van der Waals surface area contributed by atoms with E-state index in [4.69, 9.17) is 10.5 Å². The summed E-state index contributed by atoms with van der Waals surface area (Å²) in [7, 11) is 0. The maximum Gasteiger partial charge on any atom is 0.410 e. The molecule has 1 aliphatic heterocycles. The molecule has 0 aromatic heterocycles. The van der Waals surface area contributed by atoms with Crippen LogP contribution in [0.4, 0.5) is 4.79 Å². The monoisotopic (exact) mass is 258 g/mol. The molecule has 18 heavy (non-hydrogen) atoms. The Bertz CT molecular complexity index is 297. The number of nitrogens with zero attached hydrogens (tertiary/aromatic N) is 1. The van der Waals surface area contributed by atoms with Crippen LogP contribution in [-0.2, 0) is 4.74 Å². The van der Waals surface area contributed by atoms with Crippen LogP contribution in [0.15, 0.2) is 0 Å². The van der Waals surface area contributed by atoms with Gasteiger partial charge in [0.1, 0.15) is 5.60 Å². The van der Waals surface area contributed by atoms with Crippen molar-refractivity contribution in [3.8, 4) is 0 Å². The van der Waals surface area contributed by atoms with Crippen molar-refractivity contribution in [1.82, 2.24) is 4.90 Å². The summed E-state index contributed by atoms with van der Waals surface area (Å²) in [6, 6.07) is 0. The topological polar surface area (TPSA) is 75.8 Å². The van der Waals surface area contributed by atoms with Crippen LogP contribution in [-0.4, -0.2) is 46.9 Å². The summed E-state index contributed by atoms with van der Waals surface area (Å²) in [5, 5.41) is 10.2. The zero-order valence-corrected chi connectivity index (χ0v) is 11.9. The van der Waals surface area contributed by atoms with Gasteiger partial charge >= 0.3 is 6.09 Å². The maximum atomic E-state index is 12.0. The summed E-state index contributed by atoms with van der Waals surface area (Å²) < 4.78 is 5.35. The Morgan fingerprint density at radius 2 is 2.06 bits per heavy atom. The van der Waals surface area contributed by atoms with Crippen LogP contribution in [0.2, 0.25) is 0 Å². The van der Waals surface area contributed by atoms with Gasteiger partial charge in [0.05, 0.1) is 5.60 Å². The lowest BCUT2D eigenvalue weighted by molar-refractivity contribution is -0.0340. The number of hydrogen-bond acceptors (Lipinski definition) is 4. The lowest BCUT2D eigenvalue weighted by atomic mass is 9.83. The summed E-state index contributed by atoms with van der Waals surface area (Å²) in [4.78, 5) is 13.6. The van der Waals surface area contributed by atoms with Gasteiger partial charge in [-0.2, -0.15) is 0 Å². The molecule has 0 aliphatic carbocycles. The first-order chi connectivity index (χ1) is 8.15. The fraction of sp³-hybridized carbons (Fsp3) is 0.923. The van der Waals surface area contributed by atoms with Crippen LogP contribution in [0, 0.1) is 5.92 Å². The number of likely N-dealkylation sites (tertiary alicyclic amines) is 1. The van der Waals surface area contributed by atoms with Crippen molar-refractivity contribution in [1.29, 1.82) is 0 Å². The predicted molar refractivity (Wildman–Crippen MR) is 70.2 cm³/mol. The molecule has 5 heteroatoms. The van der Waals surface area contributed by atoms with Crippen LogP contribution in [0.1, 0.15) is 40.5 Å². The first kappa shape index (κ1) is 15.2. The zero-order valence-electron chi connectivity index (χ0n) is 11.9. The van der Waals surface area contributed by atoms with E-state index in [2.05, 4.69) is 0 Å². The van der Waals surface area contributed by atoms with Crippen molar-refractivity contribution in [2.45, 2.75) is 51.7 Å². The van der Waals surface area contributed by atoms with Crippen LogP contribution in [0.25, 0.3) is 0 Å². The van der Waals surface area contributed by atoms with Gasteiger partial charge in [-0.1, -0.05) is 0 Å². The highest BCUT2D eigenvalue weighted by atomic mass is 16.6. The molecule has 1 saturated heterocycles. The van der Waals surface area contributed by atoms with Gasteiger partial charge in [-0.3, -0.25) is 0 Å².